The van der Waals surface area contributed by atoms with Gasteiger partial charge in [-0.3, -0.25) is 9.78 Å². The molecule has 2 aromatic rings. The molecule has 3 aliphatic rings. The third kappa shape index (κ3) is 5.23. The highest BCUT2D eigenvalue weighted by Crippen LogP contribution is 2.47. The zero-order valence-corrected chi connectivity index (χ0v) is 23.1. The number of aryl methyl sites for hydroxylation is 1. The van der Waals surface area contributed by atoms with Gasteiger partial charge in [-0.2, -0.15) is 13.2 Å². The molecule has 1 unspecified atom stereocenters. The number of hydrogen-bond acceptors (Lipinski definition) is 6. The lowest BCUT2D eigenvalue weighted by atomic mass is 9.73. The third-order valence-electron chi connectivity index (χ3n) is 9.10. The lowest BCUT2D eigenvalue weighted by molar-refractivity contribution is -0.146. The molecule has 38 heavy (non-hydrogen) atoms. The van der Waals surface area contributed by atoms with Gasteiger partial charge in [-0.05, 0) is 69.4 Å². The van der Waals surface area contributed by atoms with Crippen LogP contribution in [0.25, 0.3) is 0 Å². The fourth-order valence-electron chi connectivity index (χ4n) is 6.67. The number of aromatic nitrogens is 2. The SMILES string of the molecule is Cc1ncc(C2(O)CCC(NC3CC[C@@](C(=O)N4CCc5ncc(C(F)(F)F)cc5C4)(C(C)C)C3)CC2)s1. The van der Waals surface area contributed by atoms with Crippen LogP contribution in [0, 0.1) is 18.3 Å². The van der Waals surface area contributed by atoms with Gasteiger partial charge < -0.3 is 15.3 Å². The smallest absolute Gasteiger partial charge is 0.384 e. The summed E-state index contributed by atoms with van der Waals surface area (Å²) in [5.41, 5.74) is -0.948. The molecule has 6 nitrogen and oxygen atoms in total. The average molecular weight is 551 g/mol. The summed E-state index contributed by atoms with van der Waals surface area (Å²) in [5.74, 6) is 0.173. The Morgan fingerprint density at radius 1 is 1.16 bits per heavy atom. The highest BCUT2D eigenvalue weighted by atomic mass is 32.1. The quantitative estimate of drug-likeness (QED) is 0.524. The number of alkyl halides is 3. The van der Waals surface area contributed by atoms with Crippen molar-refractivity contribution < 1.29 is 23.1 Å². The summed E-state index contributed by atoms with van der Waals surface area (Å²) in [6.07, 6.45) is 4.20. The molecule has 2 aromatic heterocycles. The van der Waals surface area contributed by atoms with Gasteiger partial charge in [-0.1, -0.05) is 13.8 Å². The van der Waals surface area contributed by atoms with Crippen LogP contribution in [0.5, 0.6) is 0 Å². The van der Waals surface area contributed by atoms with Crippen molar-refractivity contribution in [3.63, 3.8) is 0 Å². The number of carbonyl (C=O) groups is 1. The molecule has 0 aromatic carbocycles. The van der Waals surface area contributed by atoms with Gasteiger partial charge in [0.05, 0.1) is 20.9 Å². The van der Waals surface area contributed by atoms with Gasteiger partial charge in [0.2, 0.25) is 5.91 Å². The molecule has 2 N–H and O–H groups in total. The standard InChI is InChI=1S/C28H37F3N4O2S/c1-17(2)26(25(36)35-11-7-23-19(16-35)12-20(14-33-23)28(29,30)31)8-4-22(13-26)34-21-5-9-27(37,10-6-21)24-15-32-18(3)38-24/h12,14-15,17,21-22,34,37H,4-11,13,16H2,1-3H3/t21?,22?,26-,27?/m0/s1. The van der Waals surface area contributed by atoms with Crippen LogP contribution in [0.15, 0.2) is 18.5 Å². The second-order valence-corrected chi connectivity index (χ2v) is 13.0. The molecule has 2 fully saturated rings. The largest absolute Gasteiger partial charge is 0.417 e. The van der Waals surface area contributed by atoms with Crippen molar-refractivity contribution in [1.82, 2.24) is 20.2 Å². The summed E-state index contributed by atoms with van der Waals surface area (Å²) in [7, 11) is 0. The summed E-state index contributed by atoms with van der Waals surface area (Å²) < 4.78 is 39.7. The highest BCUT2D eigenvalue weighted by Gasteiger charge is 2.50. The number of carbonyl (C=O) groups excluding carboxylic acids is 1. The molecule has 0 spiro atoms. The molecule has 5 rings (SSSR count). The Bertz CT molecular complexity index is 1180. The Labute approximate surface area is 226 Å². The number of amides is 1. The van der Waals surface area contributed by atoms with Crippen LogP contribution >= 0.6 is 11.3 Å². The molecule has 1 amide bonds. The van der Waals surface area contributed by atoms with Crippen LogP contribution < -0.4 is 5.32 Å². The number of nitrogens with zero attached hydrogens (tertiary/aromatic N) is 3. The van der Waals surface area contributed by atoms with E-state index in [1.165, 1.54) is 0 Å². The maximum Gasteiger partial charge on any atom is 0.417 e. The predicted molar refractivity (Wildman–Crippen MR) is 139 cm³/mol. The van der Waals surface area contributed by atoms with Gasteiger partial charge in [-0.15, -0.1) is 11.3 Å². The predicted octanol–water partition coefficient (Wildman–Crippen LogP) is 5.36. The molecule has 10 heteroatoms. The number of rotatable bonds is 5. The summed E-state index contributed by atoms with van der Waals surface area (Å²) in [6.45, 7) is 6.77. The van der Waals surface area contributed by atoms with E-state index in [-0.39, 0.29) is 24.4 Å². The van der Waals surface area contributed by atoms with E-state index in [9.17, 15) is 23.1 Å². The van der Waals surface area contributed by atoms with Crippen molar-refractivity contribution in [1.29, 1.82) is 0 Å². The number of pyridine rings is 1. The summed E-state index contributed by atoms with van der Waals surface area (Å²) in [4.78, 5) is 25.0. The average Bonchev–Trinajstić information content (AvgIpc) is 3.51. The Balaban J connectivity index is 1.23. The van der Waals surface area contributed by atoms with Gasteiger partial charge >= 0.3 is 6.18 Å². The van der Waals surface area contributed by atoms with Crippen LogP contribution in [-0.2, 0) is 29.5 Å². The van der Waals surface area contributed by atoms with Gasteiger partial charge in [-0.25, -0.2) is 4.98 Å². The van der Waals surface area contributed by atoms with Crippen LogP contribution in [0.2, 0.25) is 0 Å². The molecule has 0 radical (unpaired) electrons. The number of thiazole rings is 1. The molecule has 2 saturated carbocycles. The van der Waals surface area contributed by atoms with Gasteiger partial charge in [0.15, 0.2) is 0 Å². The molecule has 0 saturated heterocycles. The number of fused-ring (bicyclic) bond motifs is 1. The number of nitrogens with one attached hydrogen (secondary N) is 1. The minimum atomic E-state index is -4.45. The van der Waals surface area contributed by atoms with E-state index in [2.05, 4.69) is 29.1 Å². The maximum atomic E-state index is 14.0. The first-order chi connectivity index (χ1) is 17.9. The monoisotopic (exact) mass is 550 g/mol. The van der Waals surface area contributed by atoms with E-state index in [0.29, 0.717) is 43.1 Å². The minimum absolute atomic E-state index is 0.0541. The van der Waals surface area contributed by atoms with E-state index in [0.717, 1.165) is 54.3 Å². The van der Waals surface area contributed by atoms with E-state index >= 15 is 0 Å². The zero-order chi connectivity index (χ0) is 27.3. The first-order valence-corrected chi connectivity index (χ1v) is 14.5. The molecule has 0 bridgehead atoms. The number of halogens is 3. The van der Waals surface area contributed by atoms with Crippen molar-refractivity contribution >= 4 is 17.2 Å². The Morgan fingerprint density at radius 2 is 1.87 bits per heavy atom. The summed E-state index contributed by atoms with van der Waals surface area (Å²) in [5, 5.41) is 15.9. The van der Waals surface area contributed by atoms with Crippen molar-refractivity contribution in [3.8, 4) is 0 Å². The molecule has 208 valence electrons. The number of hydrogen-bond donors (Lipinski definition) is 2. The lowest BCUT2D eigenvalue weighted by Crippen LogP contribution is -2.49. The van der Waals surface area contributed by atoms with E-state index in [1.807, 2.05) is 6.92 Å². The van der Waals surface area contributed by atoms with Crippen molar-refractivity contribution in [2.24, 2.45) is 11.3 Å². The fourth-order valence-corrected chi connectivity index (χ4v) is 7.59. The van der Waals surface area contributed by atoms with Crippen LogP contribution in [0.4, 0.5) is 13.2 Å². The van der Waals surface area contributed by atoms with Crippen LogP contribution in [-0.4, -0.2) is 44.5 Å². The first-order valence-electron chi connectivity index (χ1n) is 13.7. The molecular weight excluding hydrogens is 513 g/mol. The second-order valence-electron chi connectivity index (χ2n) is 11.8. The van der Waals surface area contributed by atoms with Gasteiger partial charge in [0, 0.05) is 49.7 Å². The van der Waals surface area contributed by atoms with E-state index in [4.69, 9.17) is 0 Å². The van der Waals surface area contributed by atoms with Crippen molar-refractivity contribution in [2.75, 3.05) is 6.54 Å². The van der Waals surface area contributed by atoms with Crippen LogP contribution in [0.3, 0.4) is 0 Å². The Morgan fingerprint density at radius 3 is 2.50 bits per heavy atom. The van der Waals surface area contributed by atoms with E-state index < -0.39 is 22.8 Å². The second kappa shape index (κ2) is 10.2. The third-order valence-corrected chi connectivity index (χ3v) is 10.2. The molecule has 1 aliphatic heterocycles. The minimum Gasteiger partial charge on any atom is -0.384 e. The molecule has 2 aliphatic carbocycles. The Kier molecular flexibility index (Phi) is 7.37. The van der Waals surface area contributed by atoms with E-state index in [1.54, 1.807) is 22.4 Å². The van der Waals surface area contributed by atoms with Crippen molar-refractivity contribution in [2.45, 2.75) is 103 Å². The lowest BCUT2D eigenvalue weighted by Gasteiger charge is -2.40. The van der Waals surface area contributed by atoms with Gasteiger partial charge in [0.1, 0.15) is 5.60 Å². The molecule has 2 atom stereocenters. The topological polar surface area (TPSA) is 78.4 Å². The highest BCUT2D eigenvalue weighted by molar-refractivity contribution is 7.11. The molecular formula is C28H37F3N4O2S. The summed E-state index contributed by atoms with van der Waals surface area (Å²) >= 11 is 1.56. The van der Waals surface area contributed by atoms with Crippen molar-refractivity contribution in [3.05, 3.63) is 45.2 Å². The first kappa shape index (κ1) is 27.5. The maximum absolute atomic E-state index is 14.0. The zero-order valence-electron chi connectivity index (χ0n) is 22.3. The van der Waals surface area contributed by atoms with Crippen LogP contribution in [0.1, 0.15) is 85.5 Å². The fraction of sp³-hybridized carbons (Fsp3) is 0.679. The number of aliphatic hydroxyl groups is 1. The molecule has 3 heterocycles. The normalized spacial score (nSPS) is 30.1. The Hall–Kier alpha value is -2.04. The van der Waals surface area contributed by atoms with Gasteiger partial charge in [0.25, 0.3) is 0 Å². The summed E-state index contributed by atoms with van der Waals surface area (Å²) in [6, 6.07) is 1.65.